The summed E-state index contributed by atoms with van der Waals surface area (Å²) in [5.74, 6) is 0. The number of benzene rings is 2. The van der Waals surface area contributed by atoms with Gasteiger partial charge in [0, 0.05) is 0 Å². The monoisotopic (exact) mass is 276 g/mol. The first-order valence-electron chi connectivity index (χ1n) is 5.12. The number of rotatable bonds is 4. The summed E-state index contributed by atoms with van der Waals surface area (Å²) >= 11 is 0.00269. The summed E-state index contributed by atoms with van der Waals surface area (Å²) in [4.78, 5) is 11.8. The number of hydrogen-bond acceptors (Lipinski definition) is 1. The molecule has 0 aliphatic rings. The third kappa shape index (κ3) is 3.06. The van der Waals surface area contributed by atoms with Gasteiger partial charge in [-0.1, -0.05) is 0 Å². The molecule has 0 unspecified atom stereocenters. The summed E-state index contributed by atoms with van der Waals surface area (Å²) < 4.78 is 0.275. The van der Waals surface area contributed by atoms with Crippen LogP contribution in [-0.2, 0) is 5.32 Å². The first-order chi connectivity index (χ1) is 7.86. The molecule has 0 saturated carbocycles. The van der Waals surface area contributed by atoms with Crippen molar-refractivity contribution < 1.29 is 4.79 Å². The summed E-state index contributed by atoms with van der Waals surface area (Å²) in [6, 6.07) is 19.7. The zero-order valence-electron chi connectivity index (χ0n) is 8.80. The number of hydrogen-bond donors (Lipinski definition) is 0. The van der Waals surface area contributed by atoms with Crippen LogP contribution in [0, 0.1) is 0 Å². The Morgan fingerprint density at radius 3 is 2.06 bits per heavy atom. The summed E-state index contributed by atoms with van der Waals surface area (Å²) in [6.07, 6.45) is 0. The molecule has 0 radical (unpaired) electrons. The molecular formula is C14H12OSe. The van der Waals surface area contributed by atoms with E-state index in [-0.39, 0.29) is 19.6 Å². The average molecular weight is 275 g/mol. The molecule has 0 aliphatic carbocycles. The fourth-order valence-electron chi connectivity index (χ4n) is 1.38. The van der Waals surface area contributed by atoms with Gasteiger partial charge in [0.1, 0.15) is 0 Å². The van der Waals surface area contributed by atoms with Gasteiger partial charge in [0.15, 0.2) is 0 Å². The van der Waals surface area contributed by atoms with Crippen molar-refractivity contribution in [1.29, 1.82) is 0 Å². The zero-order valence-corrected chi connectivity index (χ0v) is 10.5. The molecule has 1 nitrogen and oxygen atoms in total. The first-order valence-corrected chi connectivity index (χ1v) is 7.19. The molecule has 0 atom stereocenters. The molecule has 0 aromatic heterocycles. The van der Waals surface area contributed by atoms with E-state index in [4.69, 9.17) is 0 Å². The fraction of sp³-hybridized carbons (Fsp3) is 0.0714. The maximum atomic E-state index is 11.8. The van der Waals surface area contributed by atoms with Crippen LogP contribution in [0.2, 0.25) is 0 Å². The molecule has 0 spiro atoms. The van der Waals surface area contributed by atoms with E-state index in [9.17, 15) is 4.79 Å². The minimum absolute atomic E-state index is 0.00269. The Balaban J connectivity index is 1.95. The maximum absolute atomic E-state index is 11.8. The van der Waals surface area contributed by atoms with Gasteiger partial charge in [-0.15, -0.1) is 0 Å². The van der Waals surface area contributed by atoms with Crippen LogP contribution in [0.1, 0.15) is 15.9 Å². The first kappa shape index (κ1) is 11.1. The fourth-order valence-corrected chi connectivity index (χ4v) is 3.04. The van der Waals surface area contributed by atoms with E-state index >= 15 is 0 Å². The second-order valence-electron chi connectivity index (χ2n) is 3.43. The summed E-state index contributed by atoms with van der Waals surface area (Å²) in [5, 5.41) is 0.877. The van der Waals surface area contributed by atoms with Crippen LogP contribution in [-0.4, -0.2) is 19.6 Å². The molecule has 2 aromatic rings. The molecule has 0 bridgehead atoms. The quantitative estimate of drug-likeness (QED) is 0.784. The Hall–Kier alpha value is -1.37. The van der Waals surface area contributed by atoms with Gasteiger partial charge >= 0.3 is 102 Å². The van der Waals surface area contributed by atoms with Gasteiger partial charge in [-0.25, -0.2) is 0 Å². The Bertz CT molecular complexity index is 451. The van der Waals surface area contributed by atoms with Crippen LogP contribution in [0.4, 0.5) is 0 Å². The van der Waals surface area contributed by atoms with Crippen molar-refractivity contribution in [3.8, 4) is 0 Å². The second-order valence-corrected chi connectivity index (χ2v) is 5.42. The van der Waals surface area contributed by atoms with E-state index in [1.165, 1.54) is 5.56 Å². The Morgan fingerprint density at radius 1 is 0.875 bits per heavy atom. The van der Waals surface area contributed by atoms with Crippen molar-refractivity contribution in [2.75, 3.05) is 0 Å². The standard InChI is InChI=1S/C14H12OSe/c15-14(13-9-5-2-6-10-13)16-11-12-7-3-1-4-8-12/h1-10H,11H2. The Labute approximate surface area is 102 Å². The Kier molecular flexibility index (Phi) is 3.92. The number of carbonyl (C=O) groups is 1. The van der Waals surface area contributed by atoms with E-state index in [2.05, 4.69) is 12.1 Å². The Morgan fingerprint density at radius 2 is 1.44 bits per heavy atom. The van der Waals surface area contributed by atoms with Crippen LogP contribution >= 0.6 is 0 Å². The van der Waals surface area contributed by atoms with E-state index in [1.807, 2.05) is 48.5 Å². The normalized spacial score (nSPS) is 10.0. The summed E-state index contributed by atoms with van der Waals surface area (Å²) in [6.45, 7) is 0. The molecule has 80 valence electrons. The van der Waals surface area contributed by atoms with Gasteiger partial charge in [0.05, 0.1) is 0 Å². The van der Waals surface area contributed by atoms with E-state index in [0.717, 1.165) is 10.9 Å². The van der Waals surface area contributed by atoms with Crippen LogP contribution < -0.4 is 0 Å². The molecule has 0 aliphatic heterocycles. The molecule has 0 fully saturated rings. The number of carbonyl (C=O) groups excluding carboxylic acids is 1. The van der Waals surface area contributed by atoms with Crippen molar-refractivity contribution in [1.82, 2.24) is 0 Å². The van der Waals surface area contributed by atoms with E-state index in [1.54, 1.807) is 0 Å². The zero-order chi connectivity index (χ0) is 11.2. The minimum atomic E-state index is 0.00269. The average Bonchev–Trinajstić information content (AvgIpc) is 2.38. The van der Waals surface area contributed by atoms with Gasteiger partial charge in [-0.3, -0.25) is 0 Å². The van der Waals surface area contributed by atoms with Gasteiger partial charge in [0.2, 0.25) is 0 Å². The molecule has 0 amide bonds. The van der Waals surface area contributed by atoms with Crippen molar-refractivity contribution in [3.63, 3.8) is 0 Å². The third-order valence-corrected chi connectivity index (χ3v) is 4.27. The molecule has 0 saturated heterocycles. The van der Waals surface area contributed by atoms with Gasteiger partial charge in [-0.2, -0.15) is 0 Å². The van der Waals surface area contributed by atoms with Crippen molar-refractivity contribution in [2.24, 2.45) is 0 Å². The summed E-state index contributed by atoms with van der Waals surface area (Å²) in [7, 11) is 0. The molecule has 2 heteroatoms. The molecular weight excluding hydrogens is 263 g/mol. The topological polar surface area (TPSA) is 17.1 Å². The van der Waals surface area contributed by atoms with Gasteiger partial charge in [-0.05, 0) is 0 Å². The van der Waals surface area contributed by atoms with Gasteiger partial charge in [0.25, 0.3) is 0 Å². The molecule has 0 N–H and O–H groups in total. The van der Waals surface area contributed by atoms with Crippen LogP contribution in [0.3, 0.4) is 0 Å². The predicted octanol–water partition coefficient (Wildman–Crippen LogP) is 2.73. The van der Waals surface area contributed by atoms with E-state index in [0.29, 0.717) is 0 Å². The van der Waals surface area contributed by atoms with Crippen LogP contribution in [0.25, 0.3) is 0 Å². The SMILES string of the molecule is O=C([Se]Cc1ccccc1)c1ccccc1. The third-order valence-electron chi connectivity index (χ3n) is 2.22. The van der Waals surface area contributed by atoms with Crippen molar-refractivity contribution >= 4 is 19.6 Å². The predicted molar refractivity (Wildman–Crippen MR) is 66.7 cm³/mol. The molecule has 2 rings (SSSR count). The van der Waals surface area contributed by atoms with Crippen LogP contribution in [0.15, 0.2) is 60.7 Å². The molecule has 2 aromatic carbocycles. The van der Waals surface area contributed by atoms with Crippen molar-refractivity contribution in [3.05, 3.63) is 71.8 Å². The molecule has 16 heavy (non-hydrogen) atoms. The summed E-state index contributed by atoms with van der Waals surface area (Å²) in [5.41, 5.74) is 2.07. The van der Waals surface area contributed by atoms with Crippen LogP contribution in [0.5, 0.6) is 0 Å². The van der Waals surface area contributed by atoms with Crippen molar-refractivity contribution in [2.45, 2.75) is 5.32 Å². The second kappa shape index (κ2) is 5.64. The molecule has 0 heterocycles. The van der Waals surface area contributed by atoms with E-state index < -0.39 is 0 Å². The van der Waals surface area contributed by atoms with Gasteiger partial charge < -0.3 is 0 Å².